The largest absolute Gasteiger partial charge is 0.489 e. The third-order valence-corrected chi connectivity index (χ3v) is 3.63. The molecule has 0 radical (unpaired) electrons. The Morgan fingerprint density at radius 3 is 2.83 bits per heavy atom. The lowest BCUT2D eigenvalue weighted by Gasteiger charge is -2.31. The van der Waals surface area contributed by atoms with E-state index in [4.69, 9.17) is 15.2 Å². The van der Waals surface area contributed by atoms with Gasteiger partial charge in [0.2, 0.25) is 5.75 Å². The molecule has 1 fully saturated rings. The molecule has 2 rings (SSSR count). The number of aromatic nitrogens is 2. The SMILES string of the molecule is CCC1CCCCC1Oc1ncnc(N)c1OC. The van der Waals surface area contributed by atoms with E-state index in [1.54, 1.807) is 7.11 Å². The summed E-state index contributed by atoms with van der Waals surface area (Å²) in [6.07, 6.45) is 7.57. The predicted octanol–water partition coefficient (Wildman–Crippen LogP) is 2.42. The summed E-state index contributed by atoms with van der Waals surface area (Å²) in [5.74, 6) is 1.83. The Morgan fingerprint density at radius 1 is 1.33 bits per heavy atom. The molecule has 1 heterocycles. The van der Waals surface area contributed by atoms with E-state index in [1.807, 2.05) is 0 Å². The zero-order valence-electron chi connectivity index (χ0n) is 11.1. The number of ether oxygens (including phenoxy) is 2. The molecule has 1 aliphatic carbocycles. The first-order valence-electron chi connectivity index (χ1n) is 6.57. The van der Waals surface area contributed by atoms with Crippen molar-refractivity contribution in [3.63, 3.8) is 0 Å². The maximum absolute atomic E-state index is 6.01. The van der Waals surface area contributed by atoms with Crippen LogP contribution < -0.4 is 15.2 Å². The molecule has 1 aromatic rings. The number of nitrogen functional groups attached to an aromatic ring is 1. The summed E-state index contributed by atoms with van der Waals surface area (Å²) in [5, 5.41) is 0. The minimum atomic E-state index is 0.215. The third kappa shape index (κ3) is 2.66. The van der Waals surface area contributed by atoms with Crippen molar-refractivity contribution in [3.05, 3.63) is 6.33 Å². The summed E-state index contributed by atoms with van der Waals surface area (Å²) in [7, 11) is 1.56. The molecule has 0 bridgehead atoms. The number of hydrogen-bond donors (Lipinski definition) is 1. The molecule has 18 heavy (non-hydrogen) atoms. The van der Waals surface area contributed by atoms with Gasteiger partial charge in [0.1, 0.15) is 12.4 Å². The van der Waals surface area contributed by atoms with Crippen molar-refractivity contribution < 1.29 is 9.47 Å². The lowest BCUT2D eigenvalue weighted by molar-refractivity contribution is 0.0825. The second-order valence-electron chi connectivity index (χ2n) is 4.71. The van der Waals surface area contributed by atoms with Crippen LogP contribution in [-0.2, 0) is 0 Å². The molecule has 0 spiro atoms. The molecular weight excluding hydrogens is 230 g/mol. The van der Waals surface area contributed by atoms with E-state index in [0.29, 0.717) is 23.4 Å². The summed E-state index contributed by atoms with van der Waals surface area (Å²) in [4.78, 5) is 8.04. The fourth-order valence-corrected chi connectivity index (χ4v) is 2.59. The van der Waals surface area contributed by atoms with Gasteiger partial charge >= 0.3 is 0 Å². The monoisotopic (exact) mass is 251 g/mol. The van der Waals surface area contributed by atoms with Gasteiger partial charge in [0.15, 0.2) is 5.82 Å². The Labute approximate surface area is 108 Å². The fraction of sp³-hybridized carbons (Fsp3) is 0.692. The molecule has 5 heteroatoms. The highest BCUT2D eigenvalue weighted by Crippen LogP contribution is 2.34. The number of rotatable bonds is 4. The highest BCUT2D eigenvalue weighted by Gasteiger charge is 2.27. The molecule has 0 amide bonds. The normalized spacial score (nSPS) is 23.7. The number of anilines is 1. The number of hydrogen-bond acceptors (Lipinski definition) is 5. The van der Waals surface area contributed by atoms with Gasteiger partial charge in [-0.3, -0.25) is 0 Å². The topological polar surface area (TPSA) is 70.3 Å². The second-order valence-corrected chi connectivity index (χ2v) is 4.71. The van der Waals surface area contributed by atoms with Crippen molar-refractivity contribution in [2.45, 2.75) is 45.1 Å². The van der Waals surface area contributed by atoms with Crippen molar-refractivity contribution in [2.75, 3.05) is 12.8 Å². The van der Waals surface area contributed by atoms with Gasteiger partial charge in [-0.05, 0) is 31.6 Å². The lowest BCUT2D eigenvalue weighted by Crippen LogP contribution is -2.30. The molecule has 0 saturated heterocycles. The standard InChI is InChI=1S/C13H21N3O2/c1-3-9-6-4-5-7-10(9)18-13-11(17-2)12(14)15-8-16-13/h8-10H,3-7H2,1-2H3,(H2,14,15,16). The van der Waals surface area contributed by atoms with Crippen molar-refractivity contribution in [2.24, 2.45) is 5.92 Å². The van der Waals surface area contributed by atoms with Gasteiger partial charge < -0.3 is 15.2 Å². The van der Waals surface area contributed by atoms with E-state index >= 15 is 0 Å². The Hall–Kier alpha value is -1.52. The van der Waals surface area contributed by atoms with Gasteiger partial charge in [-0.25, -0.2) is 4.98 Å². The van der Waals surface area contributed by atoms with Gasteiger partial charge in [-0.15, -0.1) is 0 Å². The van der Waals surface area contributed by atoms with Crippen molar-refractivity contribution >= 4 is 5.82 Å². The maximum Gasteiger partial charge on any atom is 0.262 e. The molecule has 0 aliphatic heterocycles. The fourth-order valence-electron chi connectivity index (χ4n) is 2.59. The summed E-state index contributed by atoms with van der Waals surface area (Å²) in [5.41, 5.74) is 5.75. The highest BCUT2D eigenvalue weighted by atomic mass is 16.5. The summed E-state index contributed by atoms with van der Waals surface area (Å²) in [6, 6.07) is 0. The Morgan fingerprint density at radius 2 is 2.11 bits per heavy atom. The Kier molecular flexibility index (Phi) is 4.23. The van der Waals surface area contributed by atoms with Gasteiger partial charge in [0, 0.05) is 0 Å². The van der Waals surface area contributed by atoms with Gasteiger partial charge in [0.05, 0.1) is 7.11 Å². The predicted molar refractivity (Wildman–Crippen MR) is 69.7 cm³/mol. The van der Waals surface area contributed by atoms with Crippen LogP contribution in [-0.4, -0.2) is 23.2 Å². The van der Waals surface area contributed by atoms with Crippen LogP contribution in [0.15, 0.2) is 6.33 Å². The van der Waals surface area contributed by atoms with E-state index in [0.717, 1.165) is 12.8 Å². The van der Waals surface area contributed by atoms with E-state index in [1.165, 1.54) is 25.6 Å². The van der Waals surface area contributed by atoms with Gasteiger partial charge in [-0.2, -0.15) is 4.98 Å². The molecule has 0 aromatic carbocycles. The molecule has 1 aliphatic rings. The van der Waals surface area contributed by atoms with Crippen LogP contribution in [0.3, 0.4) is 0 Å². The molecule has 100 valence electrons. The molecule has 5 nitrogen and oxygen atoms in total. The maximum atomic E-state index is 6.01. The summed E-state index contributed by atoms with van der Waals surface area (Å²) < 4.78 is 11.2. The second kappa shape index (κ2) is 5.89. The van der Waals surface area contributed by atoms with E-state index in [9.17, 15) is 0 Å². The highest BCUT2D eigenvalue weighted by molar-refractivity contribution is 5.51. The molecule has 2 N–H and O–H groups in total. The molecule has 2 unspecified atom stereocenters. The zero-order chi connectivity index (χ0) is 13.0. The molecule has 1 aromatic heterocycles. The van der Waals surface area contributed by atoms with Gasteiger partial charge in [0.25, 0.3) is 5.88 Å². The first-order chi connectivity index (χ1) is 8.76. The Balaban J connectivity index is 2.15. The van der Waals surface area contributed by atoms with Crippen LogP contribution in [0.1, 0.15) is 39.0 Å². The van der Waals surface area contributed by atoms with E-state index in [-0.39, 0.29) is 6.10 Å². The van der Waals surface area contributed by atoms with Crippen molar-refractivity contribution in [1.82, 2.24) is 9.97 Å². The lowest BCUT2D eigenvalue weighted by atomic mass is 9.85. The zero-order valence-corrected chi connectivity index (χ0v) is 11.1. The minimum Gasteiger partial charge on any atom is -0.489 e. The van der Waals surface area contributed by atoms with Gasteiger partial charge in [-0.1, -0.05) is 13.3 Å². The van der Waals surface area contributed by atoms with Crippen LogP contribution >= 0.6 is 0 Å². The smallest absolute Gasteiger partial charge is 0.262 e. The van der Waals surface area contributed by atoms with Crippen LogP contribution in [0.5, 0.6) is 11.6 Å². The van der Waals surface area contributed by atoms with E-state index < -0.39 is 0 Å². The first-order valence-corrected chi connectivity index (χ1v) is 6.57. The van der Waals surface area contributed by atoms with Crippen molar-refractivity contribution in [3.8, 4) is 11.6 Å². The van der Waals surface area contributed by atoms with E-state index in [2.05, 4.69) is 16.9 Å². The average Bonchev–Trinajstić information content (AvgIpc) is 2.40. The third-order valence-electron chi connectivity index (χ3n) is 3.63. The number of nitrogens with zero attached hydrogens (tertiary/aromatic N) is 2. The molecular formula is C13H21N3O2. The number of nitrogens with two attached hydrogens (primary N) is 1. The summed E-state index contributed by atoms with van der Waals surface area (Å²) in [6.45, 7) is 2.21. The van der Waals surface area contributed by atoms with Crippen molar-refractivity contribution in [1.29, 1.82) is 0 Å². The number of methoxy groups -OCH3 is 1. The van der Waals surface area contributed by atoms with Crippen LogP contribution in [0, 0.1) is 5.92 Å². The van der Waals surface area contributed by atoms with Crippen LogP contribution in [0.25, 0.3) is 0 Å². The first kappa shape index (κ1) is 12.9. The molecule has 2 atom stereocenters. The van der Waals surface area contributed by atoms with Crippen LogP contribution in [0.2, 0.25) is 0 Å². The Bertz CT molecular complexity index is 398. The average molecular weight is 251 g/mol. The van der Waals surface area contributed by atoms with Crippen LogP contribution in [0.4, 0.5) is 5.82 Å². The minimum absolute atomic E-state index is 0.215. The molecule has 1 saturated carbocycles. The summed E-state index contributed by atoms with van der Waals surface area (Å²) >= 11 is 0. The quantitative estimate of drug-likeness (QED) is 0.889.